The number of carboxylic acids is 1. The molecule has 0 amide bonds. The second-order valence-corrected chi connectivity index (χ2v) is 13.9. The molecule has 220 valence electrons. The molecule has 1 fully saturated rings. The lowest BCUT2D eigenvalue weighted by molar-refractivity contribution is 0.0696. The van der Waals surface area contributed by atoms with Crippen molar-refractivity contribution < 1.29 is 23.1 Å². The molecule has 4 rings (SSSR count). The fourth-order valence-electron chi connectivity index (χ4n) is 5.53. The summed E-state index contributed by atoms with van der Waals surface area (Å²) in [4.78, 5) is 20.1. The molecule has 1 atom stereocenters. The lowest BCUT2D eigenvalue weighted by Gasteiger charge is -2.44. The first-order valence-electron chi connectivity index (χ1n) is 13.9. The van der Waals surface area contributed by atoms with Crippen molar-refractivity contribution in [2.75, 3.05) is 11.3 Å². The number of nitrogens with zero attached hydrogens (tertiary/aromatic N) is 2. The first kappa shape index (κ1) is 30.5. The monoisotopic (exact) mass is 580 g/mol. The van der Waals surface area contributed by atoms with Gasteiger partial charge in [-0.25, -0.2) is 22.9 Å². The Bertz CT molecular complexity index is 1490. The average molecular weight is 581 g/mol. The molecule has 41 heavy (non-hydrogen) atoms. The summed E-state index contributed by atoms with van der Waals surface area (Å²) in [5, 5.41) is 13.0. The van der Waals surface area contributed by atoms with E-state index in [1.54, 1.807) is 6.07 Å². The highest BCUT2D eigenvalue weighted by atomic mass is 32.2. The highest BCUT2D eigenvalue weighted by molar-refractivity contribution is 7.92. The average Bonchev–Trinajstić information content (AvgIpc) is 2.85. The molecule has 0 bridgehead atoms. The molecule has 3 aromatic rings. The van der Waals surface area contributed by atoms with Gasteiger partial charge in [-0.2, -0.15) is 4.98 Å². The molecule has 2 aromatic carbocycles. The number of anilines is 1. The molecule has 0 radical (unpaired) electrons. The summed E-state index contributed by atoms with van der Waals surface area (Å²) in [6, 6.07) is 13.3. The topological polar surface area (TPSA) is 131 Å². The normalized spacial score (nSPS) is 15.8. The number of carbonyl (C=O) groups is 1. The Hall–Kier alpha value is -3.50. The van der Waals surface area contributed by atoms with Crippen molar-refractivity contribution in [3.05, 3.63) is 65.2 Å². The number of rotatable bonds is 12. The number of hydrogen-bond donors (Lipinski definition) is 3. The molecule has 1 heterocycles. The molecule has 0 saturated heterocycles. The van der Waals surface area contributed by atoms with E-state index < -0.39 is 16.0 Å². The maximum absolute atomic E-state index is 13.2. The first-order chi connectivity index (χ1) is 19.2. The smallest absolute Gasteiger partial charge is 0.335 e. The van der Waals surface area contributed by atoms with Gasteiger partial charge in [-0.1, -0.05) is 52.0 Å². The van der Waals surface area contributed by atoms with Gasteiger partial charge < -0.3 is 15.2 Å². The highest BCUT2D eigenvalue weighted by Crippen LogP contribution is 2.40. The zero-order valence-electron chi connectivity index (χ0n) is 24.6. The summed E-state index contributed by atoms with van der Waals surface area (Å²) >= 11 is 0. The van der Waals surface area contributed by atoms with Crippen molar-refractivity contribution >= 4 is 21.9 Å². The Balaban J connectivity index is 1.65. The van der Waals surface area contributed by atoms with Gasteiger partial charge in [-0.3, -0.25) is 0 Å². The van der Waals surface area contributed by atoms with E-state index in [4.69, 9.17) is 4.74 Å². The predicted octanol–water partition coefficient (Wildman–Crippen LogP) is 5.83. The summed E-state index contributed by atoms with van der Waals surface area (Å²) in [6.07, 6.45) is 3.15. The minimum Gasteiger partial charge on any atom is -0.478 e. The van der Waals surface area contributed by atoms with Crippen LogP contribution in [0.5, 0.6) is 5.88 Å². The van der Waals surface area contributed by atoms with Crippen LogP contribution in [0.25, 0.3) is 11.3 Å². The van der Waals surface area contributed by atoms with Gasteiger partial charge in [0.2, 0.25) is 11.8 Å². The van der Waals surface area contributed by atoms with Gasteiger partial charge in [-0.15, -0.1) is 0 Å². The number of aromatic nitrogens is 2. The third-order valence-corrected chi connectivity index (χ3v) is 8.64. The lowest BCUT2D eigenvalue weighted by Crippen LogP contribution is -2.51. The number of hydrogen-bond acceptors (Lipinski definition) is 7. The molecule has 1 aliphatic carbocycles. The quantitative estimate of drug-likeness (QED) is 0.244. The number of benzene rings is 2. The van der Waals surface area contributed by atoms with Crippen molar-refractivity contribution in [1.82, 2.24) is 15.3 Å². The van der Waals surface area contributed by atoms with E-state index in [1.807, 2.05) is 32.0 Å². The fraction of sp³-hybridized carbons (Fsp3) is 0.452. The summed E-state index contributed by atoms with van der Waals surface area (Å²) in [7, 11) is -4.18. The number of aryl methyl sites for hydroxylation is 2. The van der Waals surface area contributed by atoms with E-state index >= 15 is 0 Å². The van der Waals surface area contributed by atoms with Crippen molar-refractivity contribution in [1.29, 1.82) is 0 Å². The number of nitrogens with one attached hydrogen (secondary N) is 2. The molecular formula is C31H40N4O5S. The molecular weight excluding hydrogens is 540 g/mol. The van der Waals surface area contributed by atoms with Crippen LogP contribution in [0.4, 0.5) is 5.95 Å². The standard InChI is InChI=1S/C31H40N4O5S/c1-19(2)13-23(32-24-16-31(5,6)17-24)18-40-27-15-26(28-20(3)9-7-10-21(28)4)33-30(34-27)35-41(38,39)25-12-8-11-22(14-25)29(36)37/h7-12,14-15,19,23-24,32H,13,16-18H2,1-6H3,(H,36,37)(H,33,34,35)/t23-/m1/s1. The van der Waals surface area contributed by atoms with Crippen LogP contribution < -0.4 is 14.8 Å². The number of aromatic carboxylic acids is 1. The predicted molar refractivity (Wildman–Crippen MR) is 160 cm³/mol. The Morgan fingerprint density at radius 2 is 1.73 bits per heavy atom. The second-order valence-electron chi connectivity index (χ2n) is 12.2. The molecule has 1 aliphatic rings. The maximum atomic E-state index is 13.2. The minimum atomic E-state index is -4.18. The van der Waals surface area contributed by atoms with Crippen LogP contribution in [0.15, 0.2) is 53.4 Å². The van der Waals surface area contributed by atoms with E-state index in [0.717, 1.165) is 42.0 Å². The Morgan fingerprint density at radius 1 is 1.07 bits per heavy atom. The maximum Gasteiger partial charge on any atom is 0.335 e. The van der Waals surface area contributed by atoms with Crippen LogP contribution in [0.3, 0.4) is 0 Å². The zero-order valence-corrected chi connectivity index (χ0v) is 25.4. The minimum absolute atomic E-state index is 0.105. The third-order valence-electron chi connectivity index (χ3n) is 7.31. The summed E-state index contributed by atoms with van der Waals surface area (Å²) in [6.45, 7) is 13.2. The van der Waals surface area contributed by atoms with Gasteiger partial charge in [-0.05, 0) is 73.8 Å². The van der Waals surface area contributed by atoms with Crippen molar-refractivity contribution in [2.45, 2.75) is 77.8 Å². The van der Waals surface area contributed by atoms with E-state index in [1.165, 1.54) is 18.2 Å². The summed E-state index contributed by atoms with van der Waals surface area (Å²) in [5.41, 5.74) is 3.55. The Morgan fingerprint density at radius 3 is 2.34 bits per heavy atom. The fourth-order valence-corrected chi connectivity index (χ4v) is 6.52. The first-order valence-corrected chi connectivity index (χ1v) is 15.4. The van der Waals surface area contributed by atoms with E-state index in [2.05, 4.69) is 47.7 Å². The van der Waals surface area contributed by atoms with Crippen LogP contribution in [0.2, 0.25) is 0 Å². The van der Waals surface area contributed by atoms with Crippen molar-refractivity contribution in [2.24, 2.45) is 11.3 Å². The van der Waals surface area contributed by atoms with Crippen LogP contribution in [0, 0.1) is 25.2 Å². The van der Waals surface area contributed by atoms with Crippen molar-refractivity contribution in [3.63, 3.8) is 0 Å². The largest absolute Gasteiger partial charge is 0.478 e. The SMILES string of the molecule is Cc1cccc(C)c1-c1cc(OC[C@@H](CC(C)C)NC2CC(C)(C)C2)nc(NS(=O)(=O)c2cccc(C(=O)O)c2)n1. The van der Waals surface area contributed by atoms with Crippen LogP contribution in [-0.4, -0.2) is 48.2 Å². The molecule has 1 aromatic heterocycles. The van der Waals surface area contributed by atoms with Crippen molar-refractivity contribution in [3.8, 4) is 17.1 Å². The Labute approximate surface area is 242 Å². The Kier molecular flexibility index (Phi) is 9.03. The molecule has 0 aliphatic heterocycles. The molecule has 1 saturated carbocycles. The van der Waals surface area contributed by atoms with Crippen LogP contribution in [-0.2, 0) is 10.0 Å². The molecule has 0 unspecified atom stereocenters. The van der Waals surface area contributed by atoms with Crippen LogP contribution in [0.1, 0.15) is 68.4 Å². The number of sulfonamides is 1. The summed E-state index contributed by atoms with van der Waals surface area (Å²) < 4.78 is 35.1. The molecule has 3 N–H and O–H groups in total. The molecule has 9 nitrogen and oxygen atoms in total. The van der Waals surface area contributed by atoms with Crippen LogP contribution >= 0.6 is 0 Å². The van der Waals surface area contributed by atoms with Gasteiger partial charge in [0.25, 0.3) is 10.0 Å². The van der Waals surface area contributed by atoms with Gasteiger partial charge in [0, 0.05) is 23.7 Å². The van der Waals surface area contributed by atoms with Gasteiger partial charge >= 0.3 is 5.97 Å². The molecule has 10 heteroatoms. The van der Waals surface area contributed by atoms with Gasteiger partial charge in [0.05, 0.1) is 16.2 Å². The number of carboxylic acid groups (broad SMARTS) is 1. The van der Waals surface area contributed by atoms with E-state index in [-0.39, 0.29) is 28.3 Å². The lowest BCUT2D eigenvalue weighted by atomic mass is 9.68. The number of ether oxygens (including phenoxy) is 1. The molecule has 0 spiro atoms. The zero-order chi connectivity index (χ0) is 29.9. The van der Waals surface area contributed by atoms with Gasteiger partial charge in [0.1, 0.15) is 6.61 Å². The van der Waals surface area contributed by atoms with E-state index in [0.29, 0.717) is 29.7 Å². The van der Waals surface area contributed by atoms with E-state index in [9.17, 15) is 18.3 Å². The summed E-state index contributed by atoms with van der Waals surface area (Å²) in [5.74, 6) is -0.668. The van der Waals surface area contributed by atoms with Gasteiger partial charge in [0.15, 0.2) is 0 Å². The third kappa shape index (κ3) is 7.83. The second kappa shape index (κ2) is 12.2. The highest BCUT2D eigenvalue weighted by Gasteiger charge is 2.37.